The van der Waals surface area contributed by atoms with E-state index in [1.165, 1.54) is 0 Å². The van der Waals surface area contributed by atoms with E-state index in [9.17, 15) is 4.79 Å². The van der Waals surface area contributed by atoms with Gasteiger partial charge in [0.15, 0.2) is 0 Å². The fourth-order valence-corrected chi connectivity index (χ4v) is 1.72. The number of rotatable bonds is 3. The van der Waals surface area contributed by atoms with Gasteiger partial charge in [-0.15, -0.1) is 0 Å². The minimum absolute atomic E-state index is 0.104. The Morgan fingerprint density at radius 3 is 2.47 bits per heavy atom. The maximum atomic E-state index is 11.0. The number of halogens is 1. The van der Waals surface area contributed by atoms with Crippen molar-refractivity contribution in [2.24, 2.45) is 0 Å². The smallest absolute Gasteiger partial charge is 0.313 e. The van der Waals surface area contributed by atoms with Crippen molar-refractivity contribution in [2.45, 2.75) is 25.9 Å². The van der Waals surface area contributed by atoms with Crippen LogP contribution in [0.5, 0.6) is 0 Å². The monoisotopic (exact) mass is 228 g/mol. The summed E-state index contributed by atoms with van der Waals surface area (Å²) in [6.07, 6.45) is 0. The zero-order chi connectivity index (χ0) is 11.6. The lowest BCUT2D eigenvalue weighted by Gasteiger charge is -2.21. The standard InChI is InChI=1S/C11H13ClO3/c1-11(2,10(14)15)8-4-3-7(6-13)5-9(8)12/h3-5,13H,6H2,1-2H3,(H,14,15). The van der Waals surface area contributed by atoms with Crippen LogP contribution >= 0.6 is 11.6 Å². The summed E-state index contributed by atoms with van der Waals surface area (Å²) in [6, 6.07) is 4.90. The molecule has 0 heterocycles. The quantitative estimate of drug-likeness (QED) is 0.834. The van der Waals surface area contributed by atoms with Crippen molar-refractivity contribution in [1.29, 1.82) is 0 Å². The summed E-state index contributed by atoms with van der Waals surface area (Å²) in [5.41, 5.74) is 0.198. The van der Waals surface area contributed by atoms with E-state index < -0.39 is 11.4 Å². The molecule has 0 saturated carbocycles. The number of aliphatic carboxylic acids is 1. The van der Waals surface area contributed by atoms with Crippen LogP contribution in [-0.4, -0.2) is 16.2 Å². The Labute approximate surface area is 93.3 Å². The first-order valence-corrected chi connectivity index (χ1v) is 4.90. The Morgan fingerprint density at radius 2 is 2.07 bits per heavy atom. The van der Waals surface area contributed by atoms with Crippen LogP contribution in [0, 0.1) is 0 Å². The summed E-state index contributed by atoms with van der Waals surface area (Å²) < 4.78 is 0. The van der Waals surface area contributed by atoms with Crippen LogP contribution in [0.2, 0.25) is 5.02 Å². The van der Waals surface area contributed by atoms with Crippen molar-refractivity contribution in [3.8, 4) is 0 Å². The first kappa shape index (κ1) is 12.0. The molecule has 1 rings (SSSR count). The van der Waals surface area contributed by atoms with E-state index in [0.29, 0.717) is 16.1 Å². The van der Waals surface area contributed by atoms with Crippen LogP contribution in [0.25, 0.3) is 0 Å². The van der Waals surface area contributed by atoms with Crippen LogP contribution in [0.4, 0.5) is 0 Å². The molecule has 0 amide bonds. The van der Waals surface area contributed by atoms with Gasteiger partial charge >= 0.3 is 5.97 Å². The molecule has 1 aromatic carbocycles. The maximum absolute atomic E-state index is 11.0. The largest absolute Gasteiger partial charge is 0.481 e. The van der Waals surface area contributed by atoms with Crippen molar-refractivity contribution in [3.63, 3.8) is 0 Å². The highest BCUT2D eigenvalue weighted by Gasteiger charge is 2.31. The van der Waals surface area contributed by atoms with Gasteiger partial charge < -0.3 is 10.2 Å². The van der Waals surface area contributed by atoms with Gasteiger partial charge in [-0.05, 0) is 31.0 Å². The zero-order valence-electron chi connectivity index (χ0n) is 8.62. The number of hydrogen-bond acceptors (Lipinski definition) is 2. The number of aliphatic hydroxyl groups is 1. The average molecular weight is 229 g/mol. The van der Waals surface area contributed by atoms with Gasteiger partial charge in [0, 0.05) is 5.02 Å². The van der Waals surface area contributed by atoms with E-state index in [1.807, 2.05) is 0 Å². The van der Waals surface area contributed by atoms with Crippen molar-refractivity contribution in [2.75, 3.05) is 0 Å². The van der Waals surface area contributed by atoms with Gasteiger partial charge in [-0.3, -0.25) is 4.79 Å². The summed E-state index contributed by atoms with van der Waals surface area (Å²) in [4.78, 5) is 11.0. The molecule has 82 valence electrons. The number of hydrogen-bond donors (Lipinski definition) is 2. The van der Waals surface area contributed by atoms with E-state index in [1.54, 1.807) is 32.0 Å². The fourth-order valence-electron chi connectivity index (χ4n) is 1.28. The van der Waals surface area contributed by atoms with Crippen molar-refractivity contribution in [3.05, 3.63) is 34.3 Å². The molecule has 0 aromatic heterocycles. The lowest BCUT2D eigenvalue weighted by Crippen LogP contribution is -2.28. The van der Waals surface area contributed by atoms with E-state index in [2.05, 4.69) is 0 Å². The Hall–Kier alpha value is -1.06. The van der Waals surface area contributed by atoms with Gasteiger partial charge in [-0.2, -0.15) is 0 Å². The van der Waals surface area contributed by atoms with Crippen LogP contribution < -0.4 is 0 Å². The molecule has 0 bridgehead atoms. The van der Waals surface area contributed by atoms with E-state index >= 15 is 0 Å². The van der Waals surface area contributed by atoms with Crippen LogP contribution in [0.15, 0.2) is 18.2 Å². The predicted molar refractivity (Wildman–Crippen MR) is 58.0 cm³/mol. The van der Waals surface area contributed by atoms with Gasteiger partial charge in [0.1, 0.15) is 0 Å². The molecule has 0 spiro atoms. The Bertz CT molecular complexity index is 385. The van der Waals surface area contributed by atoms with Gasteiger partial charge in [-0.25, -0.2) is 0 Å². The predicted octanol–water partition coefficient (Wildman–Crippen LogP) is 2.19. The average Bonchev–Trinajstić information content (AvgIpc) is 2.16. The minimum atomic E-state index is -1.02. The van der Waals surface area contributed by atoms with Crippen LogP contribution in [0.1, 0.15) is 25.0 Å². The van der Waals surface area contributed by atoms with Crippen molar-refractivity contribution >= 4 is 17.6 Å². The molecule has 15 heavy (non-hydrogen) atoms. The number of carboxylic acid groups (broad SMARTS) is 1. The first-order chi connectivity index (χ1) is 6.89. The molecule has 0 fully saturated rings. The number of benzene rings is 1. The van der Waals surface area contributed by atoms with Gasteiger partial charge in [-0.1, -0.05) is 23.7 Å². The van der Waals surface area contributed by atoms with Gasteiger partial charge in [0.05, 0.1) is 12.0 Å². The summed E-state index contributed by atoms with van der Waals surface area (Å²) in [6.45, 7) is 3.08. The first-order valence-electron chi connectivity index (χ1n) is 4.52. The Kier molecular flexibility index (Phi) is 3.37. The van der Waals surface area contributed by atoms with E-state index in [4.69, 9.17) is 21.8 Å². The molecule has 0 aliphatic rings. The zero-order valence-corrected chi connectivity index (χ0v) is 9.38. The second-order valence-electron chi connectivity index (χ2n) is 3.90. The maximum Gasteiger partial charge on any atom is 0.313 e. The molecule has 0 atom stereocenters. The number of aliphatic hydroxyl groups excluding tert-OH is 1. The van der Waals surface area contributed by atoms with Gasteiger partial charge in [0.2, 0.25) is 0 Å². The minimum Gasteiger partial charge on any atom is -0.481 e. The summed E-state index contributed by atoms with van der Waals surface area (Å²) >= 11 is 5.96. The Balaban J connectivity index is 3.22. The molecular weight excluding hydrogens is 216 g/mol. The molecule has 0 saturated heterocycles. The van der Waals surface area contributed by atoms with Crippen LogP contribution in [-0.2, 0) is 16.8 Å². The topological polar surface area (TPSA) is 57.5 Å². The molecule has 0 aliphatic heterocycles. The third kappa shape index (κ3) is 2.30. The molecule has 0 unspecified atom stereocenters. The summed E-state index contributed by atoms with van der Waals surface area (Å²) in [5, 5.41) is 18.3. The molecule has 4 heteroatoms. The molecule has 0 radical (unpaired) electrons. The molecule has 1 aromatic rings. The highest BCUT2D eigenvalue weighted by molar-refractivity contribution is 6.31. The highest BCUT2D eigenvalue weighted by Crippen LogP contribution is 2.30. The number of carboxylic acids is 1. The molecule has 2 N–H and O–H groups in total. The lowest BCUT2D eigenvalue weighted by atomic mass is 9.84. The second kappa shape index (κ2) is 4.21. The normalized spacial score (nSPS) is 11.5. The Morgan fingerprint density at radius 1 is 1.47 bits per heavy atom. The molecule has 0 aliphatic carbocycles. The lowest BCUT2D eigenvalue weighted by molar-refractivity contribution is -0.142. The third-order valence-electron chi connectivity index (χ3n) is 2.42. The van der Waals surface area contributed by atoms with Crippen molar-refractivity contribution in [1.82, 2.24) is 0 Å². The van der Waals surface area contributed by atoms with E-state index in [0.717, 1.165) is 0 Å². The van der Waals surface area contributed by atoms with Gasteiger partial charge in [0.25, 0.3) is 0 Å². The fraction of sp³-hybridized carbons (Fsp3) is 0.364. The number of carbonyl (C=O) groups is 1. The van der Waals surface area contributed by atoms with Crippen LogP contribution in [0.3, 0.4) is 0 Å². The van der Waals surface area contributed by atoms with Crippen molar-refractivity contribution < 1.29 is 15.0 Å². The molecule has 3 nitrogen and oxygen atoms in total. The third-order valence-corrected chi connectivity index (χ3v) is 2.74. The molecular formula is C11H13ClO3. The highest BCUT2D eigenvalue weighted by atomic mass is 35.5. The second-order valence-corrected chi connectivity index (χ2v) is 4.31. The SMILES string of the molecule is CC(C)(C(=O)O)c1ccc(CO)cc1Cl. The van der Waals surface area contributed by atoms with E-state index in [-0.39, 0.29) is 6.61 Å². The summed E-state index contributed by atoms with van der Waals surface area (Å²) in [7, 11) is 0. The summed E-state index contributed by atoms with van der Waals surface area (Å²) in [5.74, 6) is -0.929.